The molecule has 5 nitrogen and oxygen atoms in total. The van der Waals surface area contributed by atoms with Crippen molar-refractivity contribution in [2.75, 3.05) is 13.1 Å². The molecule has 1 fully saturated rings. The zero-order valence-electron chi connectivity index (χ0n) is 10.0. The molecule has 0 bridgehead atoms. The van der Waals surface area contributed by atoms with Gasteiger partial charge in [-0.05, 0) is 34.5 Å². The van der Waals surface area contributed by atoms with Crippen LogP contribution in [0.5, 0.6) is 0 Å². The molecule has 1 unspecified atom stereocenters. The van der Waals surface area contributed by atoms with Crippen LogP contribution in [0.15, 0.2) is 22.8 Å². The summed E-state index contributed by atoms with van der Waals surface area (Å²) in [5.74, 6) is -0.287. The summed E-state index contributed by atoms with van der Waals surface area (Å²) >= 11 is 3.24. The number of piperazine rings is 1. The van der Waals surface area contributed by atoms with E-state index in [0.29, 0.717) is 29.8 Å². The minimum absolute atomic E-state index is 0.0907. The van der Waals surface area contributed by atoms with Crippen LogP contribution in [0.2, 0.25) is 0 Å². The molecule has 2 rings (SSSR count). The fraction of sp³-hybridized carbons (Fsp3) is 0.417. The van der Waals surface area contributed by atoms with E-state index in [9.17, 15) is 9.59 Å². The highest BCUT2D eigenvalue weighted by Gasteiger charge is 2.32. The zero-order valence-corrected chi connectivity index (χ0v) is 11.6. The van der Waals surface area contributed by atoms with Gasteiger partial charge in [0.05, 0.1) is 0 Å². The molecule has 1 aliphatic heterocycles. The first-order valence-corrected chi connectivity index (χ1v) is 6.64. The largest absolute Gasteiger partial charge is 0.353 e. The minimum Gasteiger partial charge on any atom is -0.353 e. The Labute approximate surface area is 114 Å². The van der Waals surface area contributed by atoms with Crippen LogP contribution in [0.4, 0.5) is 0 Å². The molecule has 1 saturated heterocycles. The number of carbonyl (C=O) groups excluding carboxylic acids is 2. The molecule has 0 radical (unpaired) electrons. The first-order chi connectivity index (χ1) is 8.63. The Morgan fingerprint density at radius 2 is 2.39 bits per heavy atom. The van der Waals surface area contributed by atoms with E-state index in [-0.39, 0.29) is 11.8 Å². The Morgan fingerprint density at radius 3 is 3.06 bits per heavy atom. The number of nitrogens with one attached hydrogen (secondary N) is 1. The van der Waals surface area contributed by atoms with Crippen molar-refractivity contribution in [2.24, 2.45) is 0 Å². The second-order valence-corrected chi connectivity index (χ2v) is 4.87. The number of carbonyl (C=O) groups is 2. The summed E-state index contributed by atoms with van der Waals surface area (Å²) in [5.41, 5.74) is 0.359. The molecule has 18 heavy (non-hydrogen) atoms. The maximum atomic E-state index is 12.3. The van der Waals surface area contributed by atoms with Crippen molar-refractivity contribution in [3.8, 4) is 0 Å². The molecule has 0 saturated carbocycles. The smallest absolute Gasteiger partial charge is 0.273 e. The van der Waals surface area contributed by atoms with Crippen LogP contribution in [0.1, 0.15) is 23.8 Å². The summed E-state index contributed by atoms with van der Waals surface area (Å²) in [6.45, 7) is 2.91. The van der Waals surface area contributed by atoms with Crippen molar-refractivity contribution in [2.45, 2.75) is 19.4 Å². The van der Waals surface area contributed by atoms with Crippen LogP contribution in [-0.2, 0) is 4.79 Å². The van der Waals surface area contributed by atoms with Gasteiger partial charge in [-0.2, -0.15) is 0 Å². The van der Waals surface area contributed by atoms with E-state index in [2.05, 4.69) is 26.2 Å². The summed E-state index contributed by atoms with van der Waals surface area (Å²) in [4.78, 5) is 29.8. The lowest BCUT2D eigenvalue weighted by Crippen LogP contribution is -2.57. The van der Waals surface area contributed by atoms with Gasteiger partial charge in [0, 0.05) is 13.1 Å². The summed E-state index contributed by atoms with van der Waals surface area (Å²) in [6.07, 6.45) is 0.603. The van der Waals surface area contributed by atoms with Crippen molar-refractivity contribution < 1.29 is 9.59 Å². The van der Waals surface area contributed by atoms with Crippen LogP contribution in [-0.4, -0.2) is 40.8 Å². The fourth-order valence-electron chi connectivity index (χ4n) is 2.04. The average molecular weight is 312 g/mol. The number of aromatic nitrogens is 1. The maximum absolute atomic E-state index is 12.3. The summed E-state index contributed by atoms with van der Waals surface area (Å²) in [6, 6.07) is 4.78. The molecule has 0 spiro atoms. The molecule has 1 atom stereocenters. The summed E-state index contributed by atoms with van der Waals surface area (Å²) < 4.78 is 0.614. The highest BCUT2D eigenvalue weighted by Crippen LogP contribution is 2.14. The van der Waals surface area contributed by atoms with Crippen LogP contribution < -0.4 is 5.32 Å². The normalized spacial score (nSPS) is 19.6. The van der Waals surface area contributed by atoms with Crippen LogP contribution in [0.25, 0.3) is 0 Å². The van der Waals surface area contributed by atoms with Gasteiger partial charge in [-0.1, -0.05) is 13.0 Å². The number of hydrogen-bond donors (Lipinski definition) is 1. The monoisotopic (exact) mass is 311 g/mol. The molecular weight excluding hydrogens is 298 g/mol. The first-order valence-electron chi connectivity index (χ1n) is 5.84. The maximum Gasteiger partial charge on any atom is 0.273 e. The molecular formula is C12H14BrN3O2. The van der Waals surface area contributed by atoms with Crippen molar-refractivity contribution in [1.82, 2.24) is 15.2 Å². The lowest BCUT2D eigenvalue weighted by atomic mass is 10.1. The number of amides is 2. The third-order valence-corrected chi connectivity index (χ3v) is 3.35. The summed E-state index contributed by atoms with van der Waals surface area (Å²) in [5, 5.41) is 2.77. The van der Waals surface area contributed by atoms with Gasteiger partial charge >= 0.3 is 0 Å². The third-order valence-electron chi connectivity index (χ3n) is 2.91. The van der Waals surface area contributed by atoms with E-state index in [0.717, 1.165) is 0 Å². The second kappa shape index (κ2) is 5.48. The molecule has 2 heterocycles. The zero-order chi connectivity index (χ0) is 13.1. The van der Waals surface area contributed by atoms with E-state index in [4.69, 9.17) is 0 Å². The molecule has 0 aromatic carbocycles. The van der Waals surface area contributed by atoms with E-state index in [1.807, 2.05) is 6.92 Å². The van der Waals surface area contributed by atoms with Crippen molar-refractivity contribution >= 4 is 27.7 Å². The van der Waals surface area contributed by atoms with Gasteiger partial charge in [-0.3, -0.25) is 9.59 Å². The Kier molecular flexibility index (Phi) is 3.96. The van der Waals surface area contributed by atoms with Gasteiger partial charge in [0.1, 0.15) is 16.3 Å². The Morgan fingerprint density at radius 1 is 1.61 bits per heavy atom. The van der Waals surface area contributed by atoms with E-state index in [1.165, 1.54) is 0 Å². The number of nitrogens with zero attached hydrogens (tertiary/aromatic N) is 2. The van der Waals surface area contributed by atoms with Crippen LogP contribution in [0, 0.1) is 0 Å². The van der Waals surface area contributed by atoms with Gasteiger partial charge in [0.25, 0.3) is 5.91 Å². The number of pyridine rings is 1. The molecule has 6 heteroatoms. The van der Waals surface area contributed by atoms with Crippen molar-refractivity contribution in [3.63, 3.8) is 0 Å². The number of hydrogen-bond acceptors (Lipinski definition) is 3. The predicted octanol–water partition coefficient (Wildman–Crippen LogP) is 1.19. The molecule has 1 N–H and O–H groups in total. The Hall–Kier alpha value is -1.43. The van der Waals surface area contributed by atoms with Crippen LogP contribution >= 0.6 is 15.9 Å². The van der Waals surface area contributed by atoms with Gasteiger partial charge in [0.2, 0.25) is 5.91 Å². The molecule has 1 aromatic heterocycles. The van der Waals surface area contributed by atoms with E-state index in [1.54, 1.807) is 23.1 Å². The first kappa shape index (κ1) is 13.0. The Balaban J connectivity index is 2.24. The number of rotatable bonds is 2. The van der Waals surface area contributed by atoms with Crippen molar-refractivity contribution in [1.29, 1.82) is 0 Å². The highest BCUT2D eigenvalue weighted by molar-refractivity contribution is 9.10. The molecule has 2 amide bonds. The van der Waals surface area contributed by atoms with Gasteiger partial charge in [-0.15, -0.1) is 0 Å². The highest BCUT2D eigenvalue weighted by atomic mass is 79.9. The lowest BCUT2D eigenvalue weighted by molar-refractivity contribution is -0.127. The van der Waals surface area contributed by atoms with E-state index < -0.39 is 6.04 Å². The van der Waals surface area contributed by atoms with Crippen molar-refractivity contribution in [3.05, 3.63) is 28.5 Å². The lowest BCUT2D eigenvalue weighted by Gasteiger charge is -2.34. The predicted molar refractivity (Wildman–Crippen MR) is 70.1 cm³/mol. The van der Waals surface area contributed by atoms with E-state index >= 15 is 0 Å². The molecule has 1 aromatic rings. The van der Waals surface area contributed by atoms with Gasteiger partial charge < -0.3 is 10.2 Å². The Bertz CT molecular complexity index is 478. The summed E-state index contributed by atoms with van der Waals surface area (Å²) in [7, 11) is 0. The third kappa shape index (κ3) is 2.53. The molecule has 96 valence electrons. The second-order valence-electron chi connectivity index (χ2n) is 4.06. The fourth-order valence-corrected chi connectivity index (χ4v) is 2.38. The van der Waals surface area contributed by atoms with Gasteiger partial charge in [0.15, 0.2) is 0 Å². The minimum atomic E-state index is -0.396. The average Bonchev–Trinajstić information content (AvgIpc) is 2.37. The molecule has 1 aliphatic rings. The van der Waals surface area contributed by atoms with Gasteiger partial charge in [-0.25, -0.2) is 4.98 Å². The topological polar surface area (TPSA) is 62.3 Å². The standard InChI is InChI=1S/C12H14BrN3O2/c1-2-9-11(17)14-6-7-16(9)12(18)8-4-3-5-10(13)15-8/h3-5,9H,2,6-7H2,1H3,(H,14,17). The SMILES string of the molecule is CCC1C(=O)NCCN1C(=O)c1cccc(Br)n1. The van der Waals surface area contributed by atoms with Crippen LogP contribution in [0.3, 0.4) is 0 Å². The molecule has 0 aliphatic carbocycles. The number of halogens is 1. The quantitative estimate of drug-likeness (QED) is 0.835.